The second kappa shape index (κ2) is 11.7. The van der Waals surface area contributed by atoms with Crippen LogP contribution in [0, 0.1) is 0 Å². The summed E-state index contributed by atoms with van der Waals surface area (Å²) < 4.78 is 19.0. The maximum Gasteiger partial charge on any atom is 0.282 e. The average molecular weight is 643 g/mol. The average Bonchev–Trinajstić information content (AvgIpc) is 2.90. The first-order valence-electron chi connectivity index (χ1n) is 11.1. The van der Waals surface area contributed by atoms with E-state index >= 15 is 0 Å². The van der Waals surface area contributed by atoms with E-state index in [4.69, 9.17) is 25.8 Å². The van der Waals surface area contributed by atoms with Crippen molar-refractivity contribution in [1.29, 1.82) is 0 Å². The summed E-state index contributed by atoms with van der Waals surface area (Å²) in [4.78, 5) is 31.9. The molecule has 2 heterocycles. The molecule has 0 saturated carbocycles. The zero-order valence-electron chi connectivity index (χ0n) is 19.6. The van der Waals surface area contributed by atoms with E-state index in [1.165, 1.54) is 18.0 Å². The number of halogens is 3. The normalized spacial score (nSPS) is 14.0. The summed E-state index contributed by atoms with van der Waals surface area (Å²) in [5.41, 5.74) is 0.864. The van der Waals surface area contributed by atoms with Gasteiger partial charge in [0.2, 0.25) is 0 Å². The summed E-state index contributed by atoms with van der Waals surface area (Å²) in [6.45, 7) is 3.75. The number of ether oxygens (including phenoxy) is 3. The van der Waals surface area contributed by atoms with Crippen LogP contribution in [0.25, 0.3) is 10.9 Å². The standard InChI is InChI=1S/C24H23Br2ClN4O5/c1-3-19-29-17-5-4-15(25)11-16(17)24(33)31(19)28-12-14-10-18(34-2)23(22(27)21(14)26)36-13-20(32)30-6-8-35-9-7-30/h4-5,10-12H,3,6-9,13H2,1-2H3. The number of benzene rings is 2. The lowest BCUT2D eigenvalue weighted by Crippen LogP contribution is -2.43. The van der Waals surface area contributed by atoms with Crippen molar-refractivity contribution in [1.82, 2.24) is 14.6 Å². The van der Waals surface area contributed by atoms with Crippen LogP contribution in [0.5, 0.6) is 11.5 Å². The van der Waals surface area contributed by atoms with Crippen LogP contribution in [0.4, 0.5) is 0 Å². The Labute approximate surface area is 229 Å². The van der Waals surface area contributed by atoms with Crippen LogP contribution in [0.2, 0.25) is 5.02 Å². The topological polar surface area (TPSA) is 95.2 Å². The first kappa shape index (κ1) is 26.6. The lowest BCUT2D eigenvalue weighted by Gasteiger charge is -2.27. The van der Waals surface area contributed by atoms with E-state index in [2.05, 4.69) is 41.9 Å². The largest absolute Gasteiger partial charge is 0.493 e. The molecule has 2 aromatic carbocycles. The van der Waals surface area contributed by atoms with Gasteiger partial charge in [0.05, 0.1) is 37.4 Å². The van der Waals surface area contributed by atoms with Crippen LogP contribution in [0.15, 0.2) is 43.1 Å². The number of methoxy groups -OCH3 is 1. The van der Waals surface area contributed by atoms with Crippen molar-refractivity contribution in [3.8, 4) is 11.5 Å². The molecule has 1 aliphatic heterocycles. The fraction of sp³-hybridized carbons (Fsp3) is 0.333. The molecule has 1 saturated heterocycles. The summed E-state index contributed by atoms with van der Waals surface area (Å²) in [5.74, 6) is 0.901. The SMILES string of the molecule is CCc1nc2ccc(Br)cc2c(=O)n1N=Cc1cc(OC)c(OCC(=O)N2CCOCC2)c(Cl)c1Br. The molecule has 4 rings (SSSR count). The highest BCUT2D eigenvalue weighted by atomic mass is 79.9. The van der Waals surface area contributed by atoms with Gasteiger partial charge < -0.3 is 19.1 Å². The monoisotopic (exact) mass is 640 g/mol. The molecule has 1 fully saturated rings. The number of aromatic nitrogens is 2. The lowest BCUT2D eigenvalue weighted by molar-refractivity contribution is -0.137. The van der Waals surface area contributed by atoms with Gasteiger partial charge in [0.1, 0.15) is 10.8 Å². The number of carbonyl (C=O) groups is 1. The predicted octanol–water partition coefficient (Wildman–Crippen LogP) is 4.27. The van der Waals surface area contributed by atoms with E-state index in [0.29, 0.717) is 65.2 Å². The minimum atomic E-state index is -0.287. The fourth-order valence-corrected chi connectivity index (χ4v) is 4.70. The van der Waals surface area contributed by atoms with Crippen molar-refractivity contribution in [2.75, 3.05) is 40.0 Å². The maximum absolute atomic E-state index is 13.2. The van der Waals surface area contributed by atoms with Crippen LogP contribution in [-0.4, -0.2) is 66.7 Å². The Morgan fingerprint density at radius 3 is 2.72 bits per heavy atom. The van der Waals surface area contributed by atoms with Crippen LogP contribution < -0.4 is 15.0 Å². The van der Waals surface area contributed by atoms with Crippen LogP contribution in [-0.2, 0) is 16.0 Å². The molecule has 0 aliphatic carbocycles. The zero-order valence-corrected chi connectivity index (χ0v) is 23.5. The molecule has 190 valence electrons. The van der Waals surface area contributed by atoms with Gasteiger partial charge >= 0.3 is 0 Å². The quantitative estimate of drug-likeness (QED) is 0.358. The van der Waals surface area contributed by atoms with Crippen LogP contribution in [0.3, 0.4) is 0 Å². The zero-order chi connectivity index (χ0) is 25.8. The Balaban J connectivity index is 1.64. The van der Waals surface area contributed by atoms with Gasteiger partial charge in [-0.1, -0.05) is 34.5 Å². The molecule has 0 spiro atoms. The van der Waals surface area contributed by atoms with Crippen molar-refractivity contribution in [2.24, 2.45) is 5.10 Å². The molecule has 1 aromatic heterocycles. The fourth-order valence-electron chi connectivity index (χ4n) is 3.69. The lowest BCUT2D eigenvalue weighted by atomic mass is 10.2. The summed E-state index contributed by atoms with van der Waals surface area (Å²) in [5, 5.41) is 5.08. The van der Waals surface area contributed by atoms with Crippen LogP contribution >= 0.6 is 43.5 Å². The number of carbonyl (C=O) groups excluding carboxylic acids is 1. The minimum absolute atomic E-state index is 0.167. The summed E-state index contributed by atoms with van der Waals surface area (Å²) in [7, 11) is 1.47. The smallest absolute Gasteiger partial charge is 0.282 e. The second-order valence-electron chi connectivity index (χ2n) is 7.81. The Bertz CT molecular complexity index is 1390. The summed E-state index contributed by atoms with van der Waals surface area (Å²) in [6, 6.07) is 7.01. The molecule has 0 atom stereocenters. The van der Waals surface area contributed by atoms with Crippen molar-refractivity contribution >= 4 is 66.5 Å². The number of rotatable bonds is 7. The summed E-state index contributed by atoms with van der Waals surface area (Å²) >= 11 is 13.4. The molecule has 0 N–H and O–H groups in total. The third-order valence-corrected chi connectivity index (χ3v) is 7.52. The molecule has 1 aliphatic rings. The van der Waals surface area contributed by atoms with Crippen molar-refractivity contribution in [2.45, 2.75) is 13.3 Å². The predicted molar refractivity (Wildman–Crippen MR) is 145 cm³/mol. The molecular weight excluding hydrogens is 620 g/mol. The molecule has 1 amide bonds. The number of hydrogen-bond donors (Lipinski definition) is 0. The van der Waals surface area contributed by atoms with E-state index in [1.807, 2.05) is 13.0 Å². The molecule has 12 heteroatoms. The first-order chi connectivity index (χ1) is 17.3. The second-order valence-corrected chi connectivity index (χ2v) is 9.90. The maximum atomic E-state index is 13.2. The van der Waals surface area contributed by atoms with Crippen molar-refractivity contribution < 1.29 is 19.0 Å². The number of morpholine rings is 1. The third-order valence-electron chi connectivity index (χ3n) is 5.58. The van der Waals surface area contributed by atoms with E-state index in [1.54, 1.807) is 23.1 Å². The summed E-state index contributed by atoms with van der Waals surface area (Å²) in [6.07, 6.45) is 2.00. The molecule has 0 unspecified atom stereocenters. The van der Waals surface area contributed by atoms with Crippen molar-refractivity contribution in [3.63, 3.8) is 0 Å². The van der Waals surface area contributed by atoms with Gasteiger partial charge in [0.25, 0.3) is 11.5 Å². The Morgan fingerprint density at radius 1 is 1.28 bits per heavy atom. The van der Waals surface area contributed by atoms with Crippen molar-refractivity contribution in [3.05, 3.63) is 60.0 Å². The van der Waals surface area contributed by atoms with E-state index in [-0.39, 0.29) is 28.8 Å². The van der Waals surface area contributed by atoms with Gasteiger partial charge in [-0.3, -0.25) is 9.59 Å². The number of aryl methyl sites for hydroxylation is 1. The molecule has 0 bridgehead atoms. The van der Waals surface area contributed by atoms with Gasteiger partial charge in [-0.05, 0) is 40.2 Å². The number of amides is 1. The van der Waals surface area contributed by atoms with Crippen LogP contribution in [0.1, 0.15) is 18.3 Å². The van der Waals surface area contributed by atoms with E-state index in [0.717, 1.165) is 4.47 Å². The molecule has 0 radical (unpaired) electrons. The van der Waals surface area contributed by atoms with Gasteiger partial charge in [0, 0.05) is 34.0 Å². The van der Waals surface area contributed by atoms with Gasteiger partial charge in [0.15, 0.2) is 18.1 Å². The van der Waals surface area contributed by atoms with Gasteiger partial charge in [-0.2, -0.15) is 9.78 Å². The Kier molecular flexibility index (Phi) is 8.66. The van der Waals surface area contributed by atoms with E-state index in [9.17, 15) is 9.59 Å². The molecule has 3 aromatic rings. The number of hydrogen-bond acceptors (Lipinski definition) is 7. The number of nitrogens with zero attached hydrogens (tertiary/aromatic N) is 4. The van der Waals surface area contributed by atoms with E-state index < -0.39 is 0 Å². The molecule has 36 heavy (non-hydrogen) atoms. The molecule has 9 nitrogen and oxygen atoms in total. The first-order valence-corrected chi connectivity index (χ1v) is 13.1. The highest BCUT2D eigenvalue weighted by molar-refractivity contribution is 9.10. The third kappa shape index (κ3) is 5.59. The minimum Gasteiger partial charge on any atom is -0.493 e. The highest BCUT2D eigenvalue weighted by Crippen LogP contribution is 2.42. The van der Waals surface area contributed by atoms with Gasteiger partial charge in [-0.15, -0.1) is 0 Å². The number of fused-ring (bicyclic) bond motifs is 1. The Morgan fingerprint density at radius 2 is 2.03 bits per heavy atom. The Hall–Kier alpha value is -2.47. The highest BCUT2D eigenvalue weighted by Gasteiger charge is 2.21. The molecular formula is C24H23Br2ClN4O5. The van der Waals surface area contributed by atoms with Gasteiger partial charge in [-0.25, -0.2) is 4.98 Å².